The Labute approximate surface area is 379 Å². The smallest absolute Gasteiger partial charge is 0.355 e. The van der Waals surface area contributed by atoms with E-state index in [-0.39, 0.29) is 44.0 Å². The van der Waals surface area contributed by atoms with E-state index in [4.69, 9.17) is 19.4 Å². The van der Waals surface area contributed by atoms with Gasteiger partial charge in [0.05, 0.1) is 34.8 Å². The topological polar surface area (TPSA) is 175 Å². The Bertz CT molecular complexity index is 2410. The zero-order chi connectivity index (χ0) is 45.7. The second-order valence-electron chi connectivity index (χ2n) is 19.0. The van der Waals surface area contributed by atoms with Crippen molar-refractivity contribution >= 4 is 46.1 Å². The number of carbonyl (C=O) groups is 4. The fraction of sp³-hybridized carbons (Fsp3) is 0.574. The summed E-state index contributed by atoms with van der Waals surface area (Å²) in [5.74, 6) is -2.21. The number of pyridine rings is 1. The van der Waals surface area contributed by atoms with Crippen molar-refractivity contribution in [3.8, 4) is 22.5 Å². The number of likely N-dealkylation sites (tertiary alicyclic amines) is 2. The zero-order valence-corrected chi connectivity index (χ0v) is 39.2. The SMILES string of the molecule is CCn1c(-c2cccnc2[C@H](C)OC)c2c3cc(ccc31)-c1csc(n1)C[C@H](NC(=O)[C@H](C(C)C)N(C)C(=O)N1CC(N3CCC3)C1)C(=O)N1CCC[C@@](O)(N1)C(=O)OCC(C)(C)C2. The number of cyclic esters (lactones) is 1. The third-order valence-corrected chi connectivity index (χ3v) is 14.3. The summed E-state index contributed by atoms with van der Waals surface area (Å²) < 4.78 is 14.1. The maximum absolute atomic E-state index is 14.6. The average Bonchev–Trinajstić information content (AvgIpc) is 3.83. The lowest BCUT2D eigenvalue weighted by atomic mass is 9.84. The largest absolute Gasteiger partial charge is 0.462 e. The minimum atomic E-state index is -2.20. The first-order valence-corrected chi connectivity index (χ1v) is 23.5. The van der Waals surface area contributed by atoms with Gasteiger partial charge in [-0.2, -0.15) is 5.43 Å². The molecule has 0 spiro atoms. The molecule has 4 aromatic rings. The number of ether oxygens (including phenoxy) is 2. The van der Waals surface area contributed by atoms with Crippen LogP contribution in [-0.2, 0) is 43.2 Å². The molecule has 0 aliphatic carbocycles. The number of amides is 4. The summed E-state index contributed by atoms with van der Waals surface area (Å²) in [5.41, 5.74) is 6.42. The van der Waals surface area contributed by atoms with E-state index in [0.29, 0.717) is 43.5 Å². The number of esters is 1. The molecule has 4 aliphatic rings. The van der Waals surface area contributed by atoms with Crippen LogP contribution in [0.25, 0.3) is 33.4 Å². The average molecular weight is 898 g/mol. The number of hydrogen-bond donors (Lipinski definition) is 3. The zero-order valence-electron chi connectivity index (χ0n) is 38.3. The highest BCUT2D eigenvalue weighted by Gasteiger charge is 2.46. The molecule has 4 amide bonds. The monoisotopic (exact) mass is 897 g/mol. The molecule has 1 aromatic carbocycles. The number of fused-ring (bicyclic) bond motifs is 6. The molecule has 6 bridgehead atoms. The van der Waals surface area contributed by atoms with Crippen molar-refractivity contribution in [2.75, 3.05) is 53.5 Å². The van der Waals surface area contributed by atoms with Crippen LogP contribution in [0.1, 0.15) is 83.2 Å². The predicted molar refractivity (Wildman–Crippen MR) is 244 cm³/mol. The summed E-state index contributed by atoms with van der Waals surface area (Å²) in [6.07, 6.45) is 3.52. The Morgan fingerprint density at radius 3 is 2.58 bits per heavy atom. The van der Waals surface area contributed by atoms with Gasteiger partial charge in [0.15, 0.2) is 0 Å². The summed E-state index contributed by atoms with van der Waals surface area (Å²) in [7, 11) is 3.31. The number of likely N-dealkylation sites (N-methyl/N-ethyl adjacent to an activating group) is 1. The van der Waals surface area contributed by atoms with Gasteiger partial charge in [0.1, 0.15) is 12.1 Å². The maximum Gasteiger partial charge on any atom is 0.355 e. The molecular formula is C47H63N9O7S. The second kappa shape index (κ2) is 18.1. The number of hydrogen-bond acceptors (Lipinski definition) is 12. The van der Waals surface area contributed by atoms with Gasteiger partial charge in [0.25, 0.3) is 5.91 Å². The standard InChI is InChI=1S/C47H63N9O7S/c1-9-55-37-15-14-30-21-33(37)34(41(55)32-13-10-17-48-39(32)29(4)62-8)23-46(5,6)27-63-44(59)47(61)16-11-20-56(51-47)43(58)35(22-38-49-36(30)26-64-38)50-42(57)40(28(2)3)52(7)45(60)54-24-31(25-54)53-18-12-19-53/h10,13-15,17,21,26,28-29,31,35,40,51,61H,9,11-12,16,18-20,22-25,27H2,1-8H3,(H,50,57)/t29-,35-,40-,47-/m0/s1. The van der Waals surface area contributed by atoms with E-state index in [9.17, 15) is 24.3 Å². The van der Waals surface area contributed by atoms with Crippen LogP contribution in [0.3, 0.4) is 0 Å². The van der Waals surface area contributed by atoms with Crippen molar-refractivity contribution in [3.05, 3.63) is 58.2 Å². The van der Waals surface area contributed by atoms with Gasteiger partial charge in [0.2, 0.25) is 11.6 Å². The highest BCUT2D eigenvalue weighted by molar-refractivity contribution is 7.10. The number of aliphatic hydroxyl groups is 1. The molecule has 17 heteroatoms. The van der Waals surface area contributed by atoms with Crippen molar-refractivity contribution in [1.82, 2.24) is 45.0 Å². The van der Waals surface area contributed by atoms with E-state index in [1.54, 1.807) is 25.3 Å². The Morgan fingerprint density at radius 2 is 1.89 bits per heavy atom. The molecule has 3 saturated heterocycles. The van der Waals surface area contributed by atoms with Gasteiger partial charge in [-0.1, -0.05) is 33.8 Å². The lowest BCUT2D eigenvalue weighted by Gasteiger charge is -2.50. The summed E-state index contributed by atoms with van der Waals surface area (Å²) in [6, 6.07) is 8.39. The number of rotatable bonds is 9. The number of nitrogens with zero attached hydrogens (tertiary/aromatic N) is 7. The van der Waals surface area contributed by atoms with E-state index < -0.39 is 41.0 Å². The third-order valence-electron chi connectivity index (χ3n) is 13.4. The van der Waals surface area contributed by atoms with Crippen LogP contribution in [-0.4, -0.2) is 141 Å². The predicted octanol–water partition coefficient (Wildman–Crippen LogP) is 4.99. The number of methoxy groups -OCH3 is 1. The van der Waals surface area contributed by atoms with Crippen LogP contribution in [0.2, 0.25) is 0 Å². The van der Waals surface area contributed by atoms with Crippen molar-refractivity contribution in [3.63, 3.8) is 0 Å². The first-order chi connectivity index (χ1) is 30.5. The normalized spacial score (nSPS) is 22.9. The van der Waals surface area contributed by atoms with Crippen molar-refractivity contribution in [2.24, 2.45) is 11.3 Å². The Morgan fingerprint density at radius 1 is 1.12 bits per heavy atom. The van der Waals surface area contributed by atoms with Crippen LogP contribution in [0, 0.1) is 11.3 Å². The molecule has 0 saturated carbocycles. The van der Waals surface area contributed by atoms with E-state index in [2.05, 4.69) is 51.4 Å². The molecule has 7 heterocycles. The Kier molecular flexibility index (Phi) is 12.9. The van der Waals surface area contributed by atoms with Gasteiger partial charge < -0.3 is 34.3 Å². The molecule has 0 radical (unpaired) electrons. The van der Waals surface area contributed by atoms with Gasteiger partial charge in [-0.25, -0.2) is 14.6 Å². The van der Waals surface area contributed by atoms with Crippen molar-refractivity contribution in [1.29, 1.82) is 0 Å². The lowest BCUT2D eigenvalue weighted by molar-refractivity contribution is -0.189. The van der Waals surface area contributed by atoms with E-state index in [1.807, 2.05) is 46.1 Å². The minimum Gasteiger partial charge on any atom is -0.462 e. The second-order valence-corrected chi connectivity index (χ2v) is 20.0. The molecule has 4 aliphatic heterocycles. The van der Waals surface area contributed by atoms with Crippen LogP contribution in [0.15, 0.2) is 41.9 Å². The highest BCUT2D eigenvalue weighted by Crippen LogP contribution is 2.42. The van der Waals surface area contributed by atoms with Gasteiger partial charge in [-0.05, 0) is 81.9 Å². The Balaban J connectivity index is 1.17. The number of thiazole rings is 1. The van der Waals surface area contributed by atoms with Gasteiger partial charge in [-0.15, -0.1) is 11.3 Å². The molecule has 3 aromatic heterocycles. The van der Waals surface area contributed by atoms with Gasteiger partial charge >= 0.3 is 12.0 Å². The molecule has 16 nitrogen and oxygen atoms in total. The summed E-state index contributed by atoms with van der Waals surface area (Å²) in [4.78, 5) is 72.1. The first-order valence-electron chi connectivity index (χ1n) is 22.7. The number of benzene rings is 1. The fourth-order valence-corrected chi connectivity index (χ4v) is 10.5. The van der Waals surface area contributed by atoms with Crippen molar-refractivity contribution in [2.45, 2.75) is 110 Å². The molecule has 344 valence electrons. The maximum atomic E-state index is 14.6. The number of aromatic nitrogens is 3. The van der Waals surface area contributed by atoms with E-state index in [1.165, 1.54) is 27.7 Å². The molecule has 0 unspecified atom stereocenters. The number of urea groups is 1. The first kappa shape index (κ1) is 45.6. The third kappa shape index (κ3) is 8.76. The minimum absolute atomic E-state index is 0.0126. The molecule has 3 fully saturated rings. The van der Waals surface area contributed by atoms with Gasteiger partial charge in [0, 0.05) is 98.2 Å². The number of hydrazine groups is 1. The van der Waals surface area contributed by atoms with Crippen LogP contribution < -0.4 is 10.7 Å². The van der Waals surface area contributed by atoms with Crippen LogP contribution in [0.5, 0.6) is 0 Å². The van der Waals surface area contributed by atoms with Gasteiger partial charge in [-0.3, -0.25) is 24.5 Å². The molecule has 8 rings (SSSR count). The summed E-state index contributed by atoms with van der Waals surface area (Å²) in [6.45, 7) is 16.1. The Hall–Kier alpha value is -4.94. The van der Waals surface area contributed by atoms with E-state index in [0.717, 1.165) is 57.8 Å². The molecule has 64 heavy (non-hydrogen) atoms. The fourth-order valence-electron chi connectivity index (χ4n) is 9.68. The quantitative estimate of drug-likeness (QED) is 0.193. The van der Waals surface area contributed by atoms with Crippen LogP contribution in [0.4, 0.5) is 4.79 Å². The number of nitrogens with one attached hydrogen (secondary N) is 2. The highest BCUT2D eigenvalue weighted by atomic mass is 32.1. The molecular weight excluding hydrogens is 835 g/mol. The summed E-state index contributed by atoms with van der Waals surface area (Å²) >= 11 is 1.39. The lowest BCUT2D eigenvalue weighted by Crippen LogP contribution is -2.68. The number of aryl methyl sites for hydroxylation is 1. The van der Waals surface area contributed by atoms with Crippen LogP contribution >= 0.6 is 11.3 Å². The molecule has 3 N–H and O–H groups in total. The molecule has 4 atom stereocenters. The van der Waals surface area contributed by atoms with E-state index >= 15 is 0 Å². The number of carbonyl (C=O) groups excluding carboxylic acids is 4. The summed E-state index contributed by atoms with van der Waals surface area (Å²) in [5, 5.41) is 19.6. The van der Waals surface area contributed by atoms with Crippen molar-refractivity contribution < 1.29 is 33.8 Å².